The fourth-order valence-electron chi connectivity index (χ4n) is 1.95. The van der Waals surface area contributed by atoms with Crippen LogP contribution in [0.4, 0.5) is 17.3 Å². The molecule has 0 fully saturated rings. The highest BCUT2D eigenvalue weighted by Crippen LogP contribution is 2.30. The van der Waals surface area contributed by atoms with E-state index in [1.807, 2.05) is 25.1 Å². The van der Waals surface area contributed by atoms with Gasteiger partial charge in [0.1, 0.15) is 5.82 Å². The van der Waals surface area contributed by atoms with Crippen LogP contribution in [0.15, 0.2) is 36.4 Å². The molecule has 110 valence electrons. The maximum absolute atomic E-state index is 11.1. The molecule has 0 saturated heterocycles. The second kappa shape index (κ2) is 6.41. The Morgan fingerprint density at radius 1 is 1.29 bits per heavy atom. The first-order valence-electron chi connectivity index (χ1n) is 6.37. The van der Waals surface area contributed by atoms with E-state index in [2.05, 4.69) is 15.6 Å². The highest BCUT2D eigenvalue weighted by atomic mass is 35.5. The van der Waals surface area contributed by atoms with Crippen LogP contribution < -0.4 is 10.6 Å². The zero-order valence-electron chi connectivity index (χ0n) is 11.6. The number of nitrogens with one attached hydrogen (secondary N) is 2. The van der Waals surface area contributed by atoms with Gasteiger partial charge in [-0.1, -0.05) is 29.8 Å². The van der Waals surface area contributed by atoms with E-state index < -0.39 is 4.92 Å². The van der Waals surface area contributed by atoms with Gasteiger partial charge in [0.05, 0.1) is 11.0 Å². The van der Waals surface area contributed by atoms with Crippen molar-refractivity contribution in [3.8, 4) is 0 Å². The number of anilines is 2. The number of nitro groups is 1. The Kier molecular flexibility index (Phi) is 4.59. The van der Waals surface area contributed by atoms with Gasteiger partial charge in [-0.2, -0.15) is 0 Å². The average molecular weight is 307 g/mol. The van der Waals surface area contributed by atoms with Crippen LogP contribution in [0.25, 0.3) is 0 Å². The standard InChI is InChI=1S/C14H15ClN4O2/c1-9(10-5-3-4-6-11(10)15)17-14-12(19(20)21)7-8-13(16-2)18-14/h3-9H,1-2H3,(H2,16,17,18). The van der Waals surface area contributed by atoms with E-state index in [9.17, 15) is 10.1 Å². The Balaban J connectivity index is 2.34. The second-order valence-electron chi connectivity index (χ2n) is 4.46. The van der Waals surface area contributed by atoms with E-state index >= 15 is 0 Å². The molecule has 1 aromatic heterocycles. The number of benzene rings is 1. The third-order valence-corrected chi connectivity index (χ3v) is 3.40. The van der Waals surface area contributed by atoms with Gasteiger partial charge >= 0.3 is 5.69 Å². The number of hydrogen-bond donors (Lipinski definition) is 2. The van der Waals surface area contributed by atoms with E-state index in [4.69, 9.17) is 11.6 Å². The summed E-state index contributed by atoms with van der Waals surface area (Å²) < 4.78 is 0. The highest BCUT2D eigenvalue weighted by molar-refractivity contribution is 6.31. The first-order chi connectivity index (χ1) is 10.0. The summed E-state index contributed by atoms with van der Waals surface area (Å²) in [6.45, 7) is 1.87. The van der Waals surface area contributed by atoms with Crippen LogP contribution in [0.2, 0.25) is 5.02 Å². The SMILES string of the molecule is CNc1ccc([N+](=O)[O-])c(NC(C)c2ccccc2Cl)n1. The maximum atomic E-state index is 11.1. The number of nitrogens with zero attached hydrogens (tertiary/aromatic N) is 2. The Morgan fingerprint density at radius 2 is 2.00 bits per heavy atom. The average Bonchev–Trinajstić information content (AvgIpc) is 2.47. The van der Waals surface area contributed by atoms with Crippen molar-refractivity contribution >= 4 is 28.9 Å². The monoisotopic (exact) mass is 306 g/mol. The molecule has 1 unspecified atom stereocenters. The number of hydrogen-bond acceptors (Lipinski definition) is 5. The van der Waals surface area contributed by atoms with Crippen molar-refractivity contribution in [2.75, 3.05) is 17.7 Å². The Morgan fingerprint density at radius 3 is 2.62 bits per heavy atom. The predicted molar refractivity (Wildman–Crippen MR) is 83.9 cm³/mol. The Hall–Kier alpha value is -2.34. The van der Waals surface area contributed by atoms with Crippen molar-refractivity contribution in [2.24, 2.45) is 0 Å². The largest absolute Gasteiger partial charge is 0.373 e. The summed E-state index contributed by atoms with van der Waals surface area (Å²) in [5.74, 6) is 0.758. The maximum Gasteiger partial charge on any atom is 0.311 e. The lowest BCUT2D eigenvalue weighted by molar-refractivity contribution is -0.384. The van der Waals surface area contributed by atoms with Gasteiger partial charge in [0.25, 0.3) is 0 Å². The van der Waals surface area contributed by atoms with E-state index in [0.717, 1.165) is 5.56 Å². The fourth-order valence-corrected chi connectivity index (χ4v) is 2.25. The molecule has 7 heteroatoms. The van der Waals surface area contributed by atoms with Crippen molar-refractivity contribution in [1.29, 1.82) is 0 Å². The summed E-state index contributed by atoms with van der Waals surface area (Å²) in [4.78, 5) is 14.8. The molecule has 0 radical (unpaired) electrons. The van der Waals surface area contributed by atoms with E-state index in [1.54, 1.807) is 19.2 Å². The molecule has 1 atom stereocenters. The molecule has 0 aliphatic carbocycles. The van der Waals surface area contributed by atoms with Crippen LogP contribution in [-0.4, -0.2) is 17.0 Å². The summed E-state index contributed by atoms with van der Waals surface area (Å²) in [7, 11) is 1.70. The van der Waals surface area contributed by atoms with E-state index in [-0.39, 0.29) is 17.5 Å². The van der Waals surface area contributed by atoms with Crippen LogP contribution in [0, 0.1) is 10.1 Å². The number of pyridine rings is 1. The topological polar surface area (TPSA) is 80.1 Å². The van der Waals surface area contributed by atoms with Crippen molar-refractivity contribution in [2.45, 2.75) is 13.0 Å². The third kappa shape index (κ3) is 3.41. The third-order valence-electron chi connectivity index (χ3n) is 3.05. The minimum atomic E-state index is -0.464. The van der Waals surface area contributed by atoms with Crippen LogP contribution in [0.5, 0.6) is 0 Å². The minimum Gasteiger partial charge on any atom is -0.373 e. The van der Waals surface area contributed by atoms with Crippen LogP contribution in [0.1, 0.15) is 18.5 Å². The molecule has 6 nitrogen and oxygen atoms in total. The van der Waals surface area contributed by atoms with Gasteiger partial charge in [0, 0.05) is 18.1 Å². The zero-order valence-corrected chi connectivity index (χ0v) is 12.4. The molecule has 0 spiro atoms. The molecule has 2 aromatic rings. The van der Waals surface area contributed by atoms with Gasteiger partial charge in [-0.25, -0.2) is 4.98 Å². The number of aromatic nitrogens is 1. The smallest absolute Gasteiger partial charge is 0.311 e. The van der Waals surface area contributed by atoms with Crippen molar-refractivity contribution < 1.29 is 4.92 Å². The number of rotatable bonds is 5. The molecule has 2 N–H and O–H groups in total. The molecule has 1 aromatic carbocycles. The molecular formula is C14H15ClN4O2. The Bertz CT molecular complexity index is 663. The molecule has 0 aliphatic rings. The summed E-state index contributed by atoms with van der Waals surface area (Å²) in [6, 6.07) is 10.1. The predicted octanol–water partition coefficient (Wildman–Crippen LogP) is 3.86. The summed E-state index contributed by atoms with van der Waals surface area (Å²) >= 11 is 6.14. The molecule has 0 aliphatic heterocycles. The summed E-state index contributed by atoms with van der Waals surface area (Å²) in [5.41, 5.74) is 0.776. The van der Waals surface area contributed by atoms with Gasteiger partial charge in [-0.15, -0.1) is 0 Å². The quantitative estimate of drug-likeness (QED) is 0.647. The van der Waals surface area contributed by atoms with E-state index in [0.29, 0.717) is 10.8 Å². The van der Waals surface area contributed by atoms with Crippen LogP contribution in [0.3, 0.4) is 0 Å². The van der Waals surface area contributed by atoms with Crippen molar-refractivity contribution in [1.82, 2.24) is 4.98 Å². The van der Waals surface area contributed by atoms with Crippen LogP contribution >= 0.6 is 11.6 Å². The lowest BCUT2D eigenvalue weighted by Gasteiger charge is -2.16. The lowest BCUT2D eigenvalue weighted by Crippen LogP contribution is -2.11. The molecular weight excluding hydrogens is 292 g/mol. The lowest BCUT2D eigenvalue weighted by atomic mass is 10.1. The zero-order chi connectivity index (χ0) is 15.4. The summed E-state index contributed by atoms with van der Waals surface area (Å²) in [5, 5.41) is 17.6. The highest BCUT2D eigenvalue weighted by Gasteiger charge is 2.19. The molecule has 0 saturated carbocycles. The van der Waals surface area contributed by atoms with Crippen LogP contribution in [-0.2, 0) is 0 Å². The van der Waals surface area contributed by atoms with Gasteiger partial charge < -0.3 is 10.6 Å². The molecule has 2 rings (SSSR count). The van der Waals surface area contributed by atoms with Gasteiger partial charge in [-0.05, 0) is 24.6 Å². The molecule has 1 heterocycles. The first kappa shape index (κ1) is 15.1. The number of halogens is 1. The molecule has 0 amide bonds. The second-order valence-corrected chi connectivity index (χ2v) is 4.87. The molecule has 0 bridgehead atoms. The minimum absolute atomic E-state index is 0.0760. The summed E-state index contributed by atoms with van der Waals surface area (Å²) in [6.07, 6.45) is 0. The van der Waals surface area contributed by atoms with Crippen molar-refractivity contribution in [3.05, 3.63) is 57.1 Å². The van der Waals surface area contributed by atoms with Gasteiger partial charge in [0.15, 0.2) is 0 Å². The van der Waals surface area contributed by atoms with E-state index in [1.165, 1.54) is 6.07 Å². The molecule has 21 heavy (non-hydrogen) atoms. The van der Waals surface area contributed by atoms with Gasteiger partial charge in [0.2, 0.25) is 5.82 Å². The van der Waals surface area contributed by atoms with Gasteiger partial charge in [-0.3, -0.25) is 10.1 Å². The Labute approximate surface area is 127 Å². The fraction of sp³-hybridized carbons (Fsp3) is 0.214. The van der Waals surface area contributed by atoms with Crippen molar-refractivity contribution in [3.63, 3.8) is 0 Å². The normalized spacial score (nSPS) is 11.8. The first-order valence-corrected chi connectivity index (χ1v) is 6.75.